The van der Waals surface area contributed by atoms with E-state index in [1.807, 2.05) is 25.1 Å². The molecule has 3 nitrogen and oxygen atoms in total. The van der Waals surface area contributed by atoms with Crippen molar-refractivity contribution in [2.75, 3.05) is 13.2 Å². The molecule has 0 aliphatic rings. The summed E-state index contributed by atoms with van der Waals surface area (Å²) in [5.41, 5.74) is 9.33. The van der Waals surface area contributed by atoms with Crippen LogP contribution in [0, 0.1) is 6.92 Å². The van der Waals surface area contributed by atoms with Gasteiger partial charge in [0.2, 0.25) is 0 Å². The Balaban J connectivity index is 2.31. The molecule has 0 aliphatic heterocycles. The number of pyridine rings is 1. The van der Waals surface area contributed by atoms with E-state index in [2.05, 4.69) is 24.0 Å². The van der Waals surface area contributed by atoms with Crippen molar-refractivity contribution in [2.45, 2.75) is 26.3 Å². The average molecular weight is 244 g/mol. The van der Waals surface area contributed by atoms with Crippen LogP contribution < -0.4 is 5.73 Å². The standard InChI is InChI=1S/C15H20N2O/c1-3-8-18-10-14(16)13-9-11(2)17-15-7-5-4-6-12(13)15/h4-7,9,14H,3,8,10,16H2,1-2H3. The second-order valence-corrected chi connectivity index (χ2v) is 4.55. The number of ether oxygens (including phenoxy) is 1. The van der Waals surface area contributed by atoms with E-state index in [1.165, 1.54) is 0 Å². The molecule has 2 rings (SSSR count). The van der Waals surface area contributed by atoms with E-state index in [0.29, 0.717) is 6.61 Å². The lowest BCUT2D eigenvalue weighted by Gasteiger charge is -2.15. The molecule has 0 aliphatic carbocycles. The highest BCUT2D eigenvalue weighted by Crippen LogP contribution is 2.23. The zero-order chi connectivity index (χ0) is 13.0. The number of hydrogen-bond acceptors (Lipinski definition) is 3. The maximum Gasteiger partial charge on any atom is 0.0708 e. The minimum atomic E-state index is -0.0943. The van der Waals surface area contributed by atoms with Gasteiger partial charge in [0.25, 0.3) is 0 Å². The van der Waals surface area contributed by atoms with Gasteiger partial charge in [-0.05, 0) is 31.0 Å². The molecule has 1 aromatic carbocycles. The van der Waals surface area contributed by atoms with Crippen molar-refractivity contribution < 1.29 is 4.74 Å². The van der Waals surface area contributed by atoms with Gasteiger partial charge in [0.15, 0.2) is 0 Å². The molecule has 1 heterocycles. The molecule has 0 saturated heterocycles. The molecule has 2 aromatic rings. The highest BCUT2D eigenvalue weighted by molar-refractivity contribution is 5.82. The van der Waals surface area contributed by atoms with Crippen molar-refractivity contribution in [3.8, 4) is 0 Å². The maximum atomic E-state index is 6.22. The molecular formula is C15H20N2O. The number of nitrogens with two attached hydrogens (primary N) is 1. The number of nitrogens with zero attached hydrogens (tertiary/aromatic N) is 1. The first kappa shape index (κ1) is 13.0. The quantitative estimate of drug-likeness (QED) is 0.823. The topological polar surface area (TPSA) is 48.1 Å². The van der Waals surface area contributed by atoms with Crippen molar-refractivity contribution in [2.24, 2.45) is 5.73 Å². The predicted octanol–water partition coefficient (Wildman–Crippen LogP) is 2.97. The lowest BCUT2D eigenvalue weighted by Crippen LogP contribution is -2.18. The Morgan fingerprint density at radius 3 is 2.89 bits per heavy atom. The van der Waals surface area contributed by atoms with E-state index in [0.717, 1.165) is 35.2 Å². The van der Waals surface area contributed by atoms with Gasteiger partial charge in [0.1, 0.15) is 0 Å². The molecule has 1 unspecified atom stereocenters. The summed E-state index contributed by atoms with van der Waals surface area (Å²) in [7, 11) is 0. The highest BCUT2D eigenvalue weighted by atomic mass is 16.5. The predicted molar refractivity (Wildman–Crippen MR) is 74.5 cm³/mol. The zero-order valence-corrected chi connectivity index (χ0v) is 11.0. The van der Waals surface area contributed by atoms with Crippen molar-refractivity contribution >= 4 is 10.9 Å². The molecule has 0 fully saturated rings. The molecule has 3 heteroatoms. The first-order valence-electron chi connectivity index (χ1n) is 6.42. The molecule has 1 aromatic heterocycles. The molecule has 1 atom stereocenters. The van der Waals surface area contributed by atoms with E-state index >= 15 is 0 Å². The number of fused-ring (bicyclic) bond motifs is 1. The Morgan fingerprint density at radius 2 is 2.11 bits per heavy atom. The summed E-state index contributed by atoms with van der Waals surface area (Å²) in [6.45, 7) is 5.41. The normalized spacial score (nSPS) is 12.8. The fourth-order valence-electron chi connectivity index (χ4n) is 2.09. The van der Waals surface area contributed by atoms with Crippen LogP contribution in [0.2, 0.25) is 0 Å². The third-order valence-electron chi connectivity index (χ3n) is 2.92. The summed E-state index contributed by atoms with van der Waals surface area (Å²) in [6, 6.07) is 10.1. The summed E-state index contributed by atoms with van der Waals surface area (Å²) in [6.07, 6.45) is 1.02. The van der Waals surface area contributed by atoms with E-state index < -0.39 is 0 Å². The average Bonchev–Trinajstić information content (AvgIpc) is 2.38. The van der Waals surface area contributed by atoms with Crippen LogP contribution in [0.4, 0.5) is 0 Å². The van der Waals surface area contributed by atoms with Crippen molar-refractivity contribution in [1.29, 1.82) is 0 Å². The van der Waals surface area contributed by atoms with Gasteiger partial charge in [-0.2, -0.15) is 0 Å². The van der Waals surface area contributed by atoms with Gasteiger partial charge >= 0.3 is 0 Å². The molecule has 18 heavy (non-hydrogen) atoms. The maximum absolute atomic E-state index is 6.22. The van der Waals surface area contributed by atoms with Crippen LogP contribution in [0.1, 0.15) is 30.6 Å². The van der Waals surface area contributed by atoms with Crippen molar-refractivity contribution in [3.63, 3.8) is 0 Å². The molecule has 0 spiro atoms. The van der Waals surface area contributed by atoms with Crippen LogP contribution >= 0.6 is 0 Å². The molecule has 0 saturated carbocycles. The van der Waals surface area contributed by atoms with Crippen LogP contribution in [-0.4, -0.2) is 18.2 Å². The number of benzene rings is 1. The number of rotatable bonds is 5. The third kappa shape index (κ3) is 2.86. The largest absolute Gasteiger partial charge is 0.379 e. The summed E-state index contributed by atoms with van der Waals surface area (Å²) < 4.78 is 5.54. The second-order valence-electron chi connectivity index (χ2n) is 4.55. The first-order valence-corrected chi connectivity index (χ1v) is 6.42. The molecule has 0 radical (unpaired) electrons. The number of aromatic nitrogens is 1. The van der Waals surface area contributed by atoms with Crippen LogP contribution in [-0.2, 0) is 4.74 Å². The van der Waals surface area contributed by atoms with Crippen LogP contribution in [0.25, 0.3) is 10.9 Å². The smallest absolute Gasteiger partial charge is 0.0708 e. The number of hydrogen-bond donors (Lipinski definition) is 1. The summed E-state index contributed by atoms with van der Waals surface area (Å²) in [5, 5.41) is 1.12. The summed E-state index contributed by atoms with van der Waals surface area (Å²) in [5.74, 6) is 0. The van der Waals surface area contributed by atoms with E-state index in [4.69, 9.17) is 10.5 Å². The first-order chi connectivity index (χ1) is 8.72. The summed E-state index contributed by atoms with van der Waals surface area (Å²) >= 11 is 0. The molecular weight excluding hydrogens is 224 g/mol. The minimum Gasteiger partial charge on any atom is -0.379 e. The second kappa shape index (κ2) is 5.94. The van der Waals surface area contributed by atoms with E-state index in [9.17, 15) is 0 Å². The fourth-order valence-corrected chi connectivity index (χ4v) is 2.09. The van der Waals surface area contributed by atoms with Crippen molar-refractivity contribution in [1.82, 2.24) is 4.98 Å². The minimum absolute atomic E-state index is 0.0943. The van der Waals surface area contributed by atoms with Gasteiger partial charge in [-0.15, -0.1) is 0 Å². The lowest BCUT2D eigenvalue weighted by atomic mass is 10.0. The third-order valence-corrected chi connectivity index (χ3v) is 2.92. The number of aryl methyl sites for hydroxylation is 1. The number of para-hydroxylation sites is 1. The molecule has 96 valence electrons. The van der Waals surface area contributed by atoms with Gasteiger partial charge in [-0.25, -0.2) is 0 Å². The van der Waals surface area contributed by atoms with Gasteiger partial charge in [-0.3, -0.25) is 4.98 Å². The molecule has 2 N–H and O–H groups in total. The highest BCUT2D eigenvalue weighted by Gasteiger charge is 2.11. The Morgan fingerprint density at radius 1 is 1.33 bits per heavy atom. The fraction of sp³-hybridized carbons (Fsp3) is 0.400. The molecule has 0 amide bonds. The van der Waals surface area contributed by atoms with Gasteiger partial charge in [0, 0.05) is 17.7 Å². The van der Waals surface area contributed by atoms with Crippen molar-refractivity contribution in [3.05, 3.63) is 41.6 Å². The Kier molecular flexibility index (Phi) is 4.28. The monoisotopic (exact) mass is 244 g/mol. The van der Waals surface area contributed by atoms with Gasteiger partial charge in [0.05, 0.1) is 18.2 Å². The Hall–Kier alpha value is -1.45. The Labute approximate surface area is 108 Å². The lowest BCUT2D eigenvalue weighted by molar-refractivity contribution is 0.122. The SMILES string of the molecule is CCCOCC(N)c1cc(C)nc2ccccc12. The Bertz CT molecular complexity index is 525. The summed E-state index contributed by atoms with van der Waals surface area (Å²) in [4.78, 5) is 4.52. The zero-order valence-electron chi connectivity index (χ0n) is 11.0. The van der Waals surface area contributed by atoms with Gasteiger partial charge in [-0.1, -0.05) is 25.1 Å². The van der Waals surface area contributed by atoms with Crippen LogP contribution in [0.15, 0.2) is 30.3 Å². The van der Waals surface area contributed by atoms with Gasteiger partial charge < -0.3 is 10.5 Å². The van der Waals surface area contributed by atoms with E-state index in [-0.39, 0.29) is 6.04 Å². The van der Waals surface area contributed by atoms with Crippen LogP contribution in [0.5, 0.6) is 0 Å². The van der Waals surface area contributed by atoms with E-state index in [1.54, 1.807) is 0 Å². The molecule has 0 bridgehead atoms. The van der Waals surface area contributed by atoms with Crippen LogP contribution in [0.3, 0.4) is 0 Å².